The minimum atomic E-state index is -0.801. The molecule has 80 valence electrons. The second-order valence-corrected chi connectivity index (χ2v) is 3.16. The molecule has 0 bridgehead atoms. The number of aryl methyl sites for hydroxylation is 1. The number of amides is 1. The first-order chi connectivity index (χ1) is 7.00. The number of nitrogen functional groups attached to an aromatic ring is 1. The molecule has 0 aromatic heterocycles. The summed E-state index contributed by atoms with van der Waals surface area (Å²) in [6, 6.07) is 5.23. The summed E-state index contributed by atoms with van der Waals surface area (Å²) in [6.07, 6.45) is -0.801. The fourth-order valence-corrected chi connectivity index (χ4v) is 1.17. The van der Waals surface area contributed by atoms with Crippen LogP contribution in [0.3, 0.4) is 0 Å². The highest BCUT2D eigenvalue weighted by atomic mass is 16.5. The molecule has 1 rings (SSSR count). The van der Waals surface area contributed by atoms with Crippen LogP contribution in [0.1, 0.15) is 16.7 Å². The Balaban J connectivity index is 2.83. The van der Waals surface area contributed by atoms with Gasteiger partial charge in [0.2, 0.25) is 0 Å². The van der Waals surface area contributed by atoms with E-state index in [0.717, 1.165) is 11.1 Å². The second-order valence-electron chi connectivity index (χ2n) is 3.16. The zero-order valence-electron chi connectivity index (χ0n) is 8.41. The van der Waals surface area contributed by atoms with Crippen LogP contribution in [0.4, 0.5) is 4.79 Å². The highest BCUT2D eigenvalue weighted by molar-refractivity contribution is 5.95. The van der Waals surface area contributed by atoms with Gasteiger partial charge in [0, 0.05) is 5.56 Å². The number of benzene rings is 1. The Morgan fingerprint density at radius 3 is 2.60 bits per heavy atom. The largest absolute Gasteiger partial charge is 0.445 e. The third-order valence-corrected chi connectivity index (χ3v) is 2.02. The van der Waals surface area contributed by atoms with Crippen LogP contribution in [0.15, 0.2) is 18.2 Å². The number of hydrogen-bond donors (Lipinski definition) is 3. The van der Waals surface area contributed by atoms with Gasteiger partial charge in [-0.2, -0.15) is 0 Å². The van der Waals surface area contributed by atoms with E-state index in [1.807, 2.05) is 6.92 Å². The first-order valence-electron chi connectivity index (χ1n) is 4.37. The quantitative estimate of drug-likeness (QED) is 0.506. The molecule has 5 heteroatoms. The molecule has 0 saturated carbocycles. The minimum Gasteiger partial charge on any atom is -0.445 e. The number of ether oxygens (including phenoxy) is 1. The molecule has 0 aliphatic rings. The van der Waals surface area contributed by atoms with E-state index in [9.17, 15) is 4.79 Å². The van der Waals surface area contributed by atoms with E-state index in [1.165, 1.54) is 0 Å². The van der Waals surface area contributed by atoms with E-state index in [0.29, 0.717) is 5.56 Å². The van der Waals surface area contributed by atoms with E-state index >= 15 is 0 Å². The third kappa shape index (κ3) is 2.98. The second kappa shape index (κ2) is 4.45. The monoisotopic (exact) mass is 207 g/mol. The van der Waals surface area contributed by atoms with Gasteiger partial charge in [0.25, 0.3) is 0 Å². The lowest BCUT2D eigenvalue weighted by atomic mass is 10.1. The predicted octanol–water partition coefficient (Wildman–Crippen LogP) is 0.874. The van der Waals surface area contributed by atoms with Crippen molar-refractivity contribution in [3.05, 3.63) is 34.9 Å². The Morgan fingerprint density at radius 1 is 1.47 bits per heavy atom. The molecular formula is C10H13N3O2. The van der Waals surface area contributed by atoms with E-state index < -0.39 is 6.09 Å². The Morgan fingerprint density at radius 2 is 2.13 bits per heavy atom. The van der Waals surface area contributed by atoms with Gasteiger partial charge in [-0.1, -0.05) is 12.1 Å². The number of hydrogen-bond acceptors (Lipinski definition) is 3. The summed E-state index contributed by atoms with van der Waals surface area (Å²) in [7, 11) is 0. The lowest BCUT2D eigenvalue weighted by Crippen LogP contribution is -2.14. The predicted molar refractivity (Wildman–Crippen MR) is 56.6 cm³/mol. The summed E-state index contributed by atoms with van der Waals surface area (Å²) in [6.45, 7) is 1.99. The van der Waals surface area contributed by atoms with Crippen molar-refractivity contribution in [2.24, 2.45) is 11.5 Å². The molecule has 0 atom stereocenters. The topological polar surface area (TPSA) is 102 Å². The van der Waals surface area contributed by atoms with Gasteiger partial charge in [-0.05, 0) is 24.1 Å². The molecule has 1 aromatic rings. The maximum atomic E-state index is 10.4. The average Bonchev–Trinajstić information content (AvgIpc) is 2.15. The first kappa shape index (κ1) is 11.0. The number of carbonyl (C=O) groups is 1. The maximum absolute atomic E-state index is 10.4. The molecule has 0 aliphatic heterocycles. The van der Waals surface area contributed by atoms with Crippen LogP contribution >= 0.6 is 0 Å². The van der Waals surface area contributed by atoms with Crippen molar-refractivity contribution in [3.8, 4) is 0 Å². The number of nitrogens with two attached hydrogens (primary N) is 2. The van der Waals surface area contributed by atoms with Crippen molar-refractivity contribution < 1.29 is 9.53 Å². The van der Waals surface area contributed by atoms with Crippen LogP contribution < -0.4 is 11.5 Å². The molecule has 1 amide bonds. The summed E-state index contributed by atoms with van der Waals surface area (Å²) in [5.74, 6) is 0.0143. The lowest BCUT2D eigenvalue weighted by Gasteiger charge is -2.07. The van der Waals surface area contributed by atoms with Crippen molar-refractivity contribution >= 4 is 11.9 Å². The summed E-state index contributed by atoms with van der Waals surface area (Å²) in [4.78, 5) is 10.4. The average molecular weight is 207 g/mol. The summed E-state index contributed by atoms with van der Waals surface area (Å²) >= 11 is 0. The van der Waals surface area contributed by atoms with Crippen LogP contribution in [0, 0.1) is 12.3 Å². The zero-order chi connectivity index (χ0) is 11.4. The molecule has 0 aliphatic carbocycles. The SMILES string of the molecule is Cc1cc(C(=N)N)ccc1COC(N)=O. The molecule has 0 unspecified atom stereocenters. The van der Waals surface area contributed by atoms with Crippen LogP contribution in [0.2, 0.25) is 0 Å². The fourth-order valence-electron chi connectivity index (χ4n) is 1.17. The molecule has 5 nitrogen and oxygen atoms in total. The smallest absolute Gasteiger partial charge is 0.404 e. The highest BCUT2D eigenvalue weighted by Gasteiger charge is 2.03. The van der Waals surface area contributed by atoms with Gasteiger partial charge in [-0.25, -0.2) is 4.79 Å². The number of amidine groups is 1. The van der Waals surface area contributed by atoms with Gasteiger partial charge >= 0.3 is 6.09 Å². The fraction of sp³-hybridized carbons (Fsp3) is 0.200. The van der Waals surface area contributed by atoms with Gasteiger partial charge in [0.1, 0.15) is 12.4 Å². The van der Waals surface area contributed by atoms with E-state index in [-0.39, 0.29) is 12.4 Å². The van der Waals surface area contributed by atoms with Crippen molar-refractivity contribution in [2.75, 3.05) is 0 Å². The van der Waals surface area contributed by atoms with Crippen molar-refractivity contribution in [2.45, 2.75) is 13.5 Å². The van der Waals surface area contributed by atoms with Crippen LogP contribution in [0.5, 0.6) is 0 Å². The normalized spacial score (nSPS) is 9.67. The van der Waals surface area contributed by atoms with Gasteiger partial charge in [-0.15, -0.1) is 0 Å². The molecule has 0 spiro atoms. The highest BCUT2D eigenvalue weighted by Crippen LogP contribution is 2.11. The molecule has 1 aromatic carbocycles. The maximum Gasteiger partial charge on any atom is 0.404 e. The molecule has 0 heterocycles. The summed E-state index contributed by atoms with van der Waals surface area (Å²) in [5, 5.41) is 7.25. The van der Waals surface area contributed by atoms with Crippen molar-refractivity contribution in [3.63, 3.8) is 0 Å². The van der Waals surface area contributed by atoms with Crippen LogP contribution in [0.25, 0.3) is 0 Å². The Hall–Kier alpha value is -2.04. The standard InChI is InChI=1S/C10H13N3O2/c1-6-4-7(9(11)12)2-3-8(6)5-15-10(13)14/h2-4H,5H2,1H3,(H3,11,12)(H2,13,14). The third-order valence-electron chi connectivity index (χ3n) is 2.02. The summed E-state index contributed by atoms with van der Waals surface area (Å²) < 4.78 is 4.66. The number of primary amides is 1. The molecule has 0 saturated heterocycles. The number of rotatable bonds is 3. The molecular weight excluding hydrogens is 194 g/mol. The molecule has 15 heavy (non-hydrogen) atoms. The molecule has 0 radical (unpaired) electrons. The van der Waals surface area contributed by atoms with Crippen molar-refractivity contribution in [1.29, 1.82) is 5.41 Å². The molecule has 0 fully saturated rings. The zero-order valence-corrected chi connectivity index (χ0v) is 8.41. The molecule has 5 N–H and O–H groups in total. The minimum absolute atomic E-state index is 0.0143. The van der Waals surface area contributed by atoms with Crippen molar-refractivity contribution in [1.82, 2.24) is 0 Å². The number of nitrogens with one attached hydrogen (secondary N) is 1. The Bertz CT molecular complexity index is 402. The van der Waals surface area contributed by atoms with Gasteiger partial charge in [0.15, 0.2) is 0 Å². The Kier molecular flexibility index (Phi) is 3.28. The van der Waals surface area contributed by atoms with Crippen LogP contribution in [-0.4, -0.2) is 11.9 Å². The van der Waals surface area contributed by atoms with E-state index in [2.05, 4.69) is 4.74 Å². The Labute approximate surface area is 87.5 Å². The van der Waals surface area contributed by atoms with Crippen LogP contribution in [-0.2, 0) is 11.3 Å². The lowest BCUT2D eigenvalue weighted by molar-refractivity contribution is 0.150. The summed E-state index contributed by atoms with van der Waals surface area (Å²) in [5.41, 5.74) is 12.6. The van der Waals surface area contributed by atoms with Gasteiger partial charge in [-0.3, -0.25) is 5.41 Å². The van der Waals surface area contributed by atoms with Gasteiger partial charge < -0.3 is 16.2 Å². The van der Waals surface area contributed by atoms with E-state index in [1.54, 1.807) is 18.2 Å². The first-order valence-corrected chi connectivity index (χ1v) is 4.37. The van der Waals surface area contributed by atoms with E-state index in [4.69, 9.17) is 16.9 Å². The number of carbonyl (C=O) groups excluding carboxylic acids is 1. The van der Waals surface area contributed by atoms with Gasteiger partial charge in [0.05, 0.1) is 0 Å².